The number of carbonyl (C=O) groups excluding carboxylic acids is 2. The summed E-state index contributed by atoms with van der Waals surface area (Å²) in [5.74, 6) is -0.408. The fourth-order valence-corrected chi connectivity index (χ4v) is 2.50. The molecule has 0 bridgehead atoms. The van der Waals surface area contributed by atoms with Gasteiger partial charge >= 0.3 is 0 Å². The lowest BCUT2D eigenvalue weighted by atomic mass is 10.1. The summed E-state index contributed by atoms with van der Waals surface area (Å²) in [6, 6.07) is 8.46. The van der Waals surface area contributed by atoms with Gasteiger partial charge in [0.1, 0.15) is 6.42 Å². The predicted molar refractivity (Wildman–Crippen MR) is 81.2 cm³/mol. The van der Waals surface area contributed by atoms with Gasteiger partial charge in [-0.05, 0) is 38.1 Å². The van der Waals surface area contributed by atoms with E-state index >= 15 is 0 Å². The number of hydrogen-bond acceptors (Lipinski definition) is 4. The summed E-state index contributed by atoms with van der Waals surface area (Å²) >= 11 is 0. The van der Waals surface area contributed by atoms with Crippen molar-refractivity contribution >= 4 is 17.5 Å². The molecule has 0 aliphatic carbocycles. The maximum Gasteiger partial charge on any atom is 0.254 e. The number of anilines is 1. The number of benzene rings is 1. The molecule has 2 atom stereocenters. The average molecular weight is 301 g/mol. The predicted octanol–water partition coefficient (Wildman–Crippen LogP) is 1.79. The highest BCUT2D eigenvalue weighted by molar-refractivity contribution is 5.96. The Labute approximate surface area is 129 Å². The number of hydrogen-bond donors (Lipinski definition) is 1. The van der Waals surface area contributed by atoms with Crippen molar-refractivity contribution in [2.75, 3.05) is 18.4 Å². The first-order valence-electron chi connectivity index (χ1n) is 7.21. The molecule has 0 saturated carbocycles. The van der Waals surface area contributed by atoms with Gasteiger partial charge in [-0.15, -0.1) is 0 Å². The third-order valence-electron chi connectivity index (χ3n) is 3.36. The summed E-state index contributed by atoms with van der Waals surface area (Å²) < 4.78 is 5.62. The largest absolute Gasteiger partial charge is 0.372 e. The number of morpholine rings is 1. The van der Waals surface area contributed by atoms with Crippen LogP contribution in [0.15, 0.2) is 24.3 Å². The Balaban J connectivity index is 2.02. The summed E-state index contributed by atoms with van der Waals surface area (Å²) in [5, 5.41) is 11.0. The molecule has 0 spiro atoms. The Morgan fingerprint density at radius 1 is 1.27 bits per heavy atom. The molecule has 0 unspecified atom stereocenters. The van der Waals surface area contributed by atoms with E-state index in [1.807, 2.05) is 13.8 Å². The van der Waals surface area contributed by atoms with Crippen molar-refractivity contribution in [3.05, 3.63) is 29.8 Å². The summed E-state index contributed by atoms with van der Waals surface area (Å²) in [6.07, 6.45) is -0.140. The van der Waals surface area contributed by atoms with Gasteiger partial charge in [-0.2, -0.15) is 5.26 Å². The second-order valence-electron chi connectivity index (χ2n) is 5.43. The van der Waals surface area contributed by atoms with E-state index in [0.717, 1.165) is 0 Å². The second kappa shape index (κ2) is 7.05. The van der Waals surface area contributed by atoms with Gasteiger partial charge in [0.25, 0.3) is 5.91 Å². The van der Waals surface area contributed by atoms with Crippen molar-refractivity contribution in [3.8, 4) is 6.07 Å². The van der Waals surface area contributed by atoms with Crippen LogP contribution in [0.25, 0.3) is 0 Å². The van der Waals surface area contributed by atoms with Gasteiger partial charge in [0.05, 0.1) is 18.3 Å². The van der Waals surface area contributed by atoms with E-state index in [4.69, 9.17) is 10.00 Å². The highest BCUT2D eigenvalue weighted by atomic mass is 16.5. The monoisotopic (exact) mass is 301 g/mol. The molecule has 1 aliphatic heterocycles. The summed E-state index contributed by atoms with van der Waals surface area (Å²) in [4.78, 5) is 25.6. The third kappa shape index (κ3) is 4.06. The molecule has 1 N–H and O–H groups in total. The van der Waals surface area contributed by atoms with Gasteiger partial charge in [-0.1, -0.05) is 0 Å². The molecule has 6 nitrogen and oxygen atoms in total. The van der Waals surface area contributed by atoms with Crippen LogP contribution in [0.3, 0.4) is 0 Å². The molecule has 116 valence electrons. The maximum absolute atomic E-state index is 12.5. The molecule has 1 aliphatic rings. The van der Waals surface area contributed by atoms with E-state index in [1.165, 1.54) is 0 Å². The number of ether oxygens (including phenoxy) is 1. The smallest absolute Gasteiger partial charge is 0.254 e. The van der Waals surface area contributed by atoms with Crippen LogP contribution in [0.2, 0.25) is 0 Å². The molecule has 0 radical (unpaired) electrons. The number of amides is 2. The minimum atomic E-state index is -0.364. The Bertz CT molecular complexity index is 582. The highest BCUT2D eigenvalue weighted by Gasteiger charge is 2.26. The molecule has 2 rings (SSSR count). The Morgan fingerprint density at radius 2 is 1.86 bits per heavy atom. The molecule has 1 aromatic rings. The van der Waals surface area contributed by atoms with Gasteiger partial charge in [-0.3, -0.25) is 9.59 Å². The highest BCUT2D eigenvalue weighted by Crippen LogP contribution is 2.16. The Morgan fingerprint density at radius 3 is 2.41 bits per heavy atom. The van der Waals surface area contributed by atoms with Gasteiger partial charge in [0.2, 0.25) is 5.91 Å². The first-order chi connectivity index (χ1) is 10.5. The van der Waals surface area contributed by atoms with Crippen LogP contribution in [-0.4, -0.2) is 42.0 Å². The number of nitrogens with one attached hydrogen (secondary N) is 1. The molecular weight excluding hydrogens is 282 g/mol. The fraction of sp³-hybridized carbons (Fsp3) is 0.438. The van der Waals surface area contributed by atoms with Gasteiger partial charge in [-0.25, -0.2) is 0 Å². The summed E-state index contributed by atoms with van der Waals surface area (Å²) in [6.45, 7) is 5.04. The molecule has 6 heteroatoms. The lowest BCUT2D eigenvalue weighted by Gasteiger charge is -2.35. The van der Waals surface area contributed by atoms with Crippen LogP contribution in [0.4, 0.5) is 5.69 Å². The van der Waals surface area contributed by atoms with Crippen molar-refractivity contribution in [1.29, 1.82) is 5.26 Å². The van der Waals surface area contributed by atoms with Crippen molar-refractivity contribution in [2.45, 2.75) is 32.5 Å². The lowest BCUT2D eigenvalue weighted by molar-refractivity contribution is -0.115. The molecular formula is C16H19N3O3. The zero-order chi connectivity index (χ0) is 16.1. The number of nitrogens with zero attached hydrogens (tertiary/aromatic N) is 2. The van der Waals surface area contributed by atoms with Crippen LogP contribution in [0.5, 0.6) is 0 Å². The van der Waals surface area contributed by atoms with Gasteiger partial charge < -0.3 is 15.0 Å². The fourth-order valence-electron chi connectivity index (χ4n) is 2.50. The Hall–Kier alpha value is -2.39. The lowest BCUT2D eigenvalue weighted by Crippen LogP contribution is -2.48. The third-order valence-corrected chi connectivity index (χ3v) is 3.36. The Kier molecular flexibility index (Phi) is 5.12. The van der Waals surface area contributed by atoms with Crippen LogP contribution >= 0.6 is 0 Å². The number of rotatable bonds is 3. The minimum Gasteiger partial charge on any atom is -0.372 e. The number of carbonyl (C=O) groups is 2. The number of nitriles is 1. The van der Waals surface area contributed by atoms with E-state index in [2.05, 4.69) is 5.32 Å². The summed E-state index contributed by atoms with van der Waals surface area (Å²) in [5.41, 5.74) is 1.14. The molecule has 1 heterocycles. The molecule has 22 heavy (non-hydrogen) atoms. The first kappa shape index (κ1) is 16.0. The van der Waals surface area contributed by atoms with E-state index < -0.39 is 0 Å². The van der Waals surface area contributed by atoms with Crippen molar-refractivity contribution in [3.63, 3.8) is 0 Å². The van der Waals surface area contributed by atoms with Crippen LogP contribution in [0, 0.1) is 11.3 Å². The van der Waals surface area contributed by atoms with E-state index in [0.29, 0.717) is 24.3 Å². The molecule has 1 saturated heterocycles. The topological polar surface area (TPSA) is 82.4 Å². The summed E-state index contributed by atoms with van der Waals surface area (Å²) in [7, 11) is 0. The molecule has 0 aromatic heterocycles. The zero-order valence-corrected chi connectivity index (χ0v) is 12.7. The van der Waals surface area contributed by atoms with Crippen LogP contribution in [0.1, 0.15) is 30.6 Å². The molecule has 1 fully saturated rings. The normalized spacial score (nSPS) is 21.0. The minimum absolute atomic E-state index is 0.0252. The van der Waals surface area contributed by atoms with Crippen molar-refractivity contribution < 1.29 is 14.3 Å². The van der Waals surface area contributed by atoms with Crippen LogP contribution < -0.4 is 5.32 Å². The molecule has 1 aromatic carbocycles. The van der Waals surface area contributed by atoms with Crippen molar-refractivity contribution in [2.24, 2.45) is 0 Å². The van der Waals surface area contributed by atoms with E-state index in [1.54, 1.807) is 35.2 Å². The average Bonchev–Trinajstić information content (AvgIpc) is 2.46. The van der Waals surface area contributed by atoms with Crippen molar-refractivity contribution in [1.82, 2.24) is 4.90 Å². The maximum atomic E-state index is 12.5. The van der Waals surface area contributed by atoms with Gasteiger partial charge in [0, 0.05) is 24.3 Å². The van der Waals surface area contributed by atoms with E-state index in [9.17, 15) is 9.59 Å². The standard InChI is InChI=1S/C16H19N3O3/c1-11-9-19(10-12(2)22-11)16(21)13-3-5-14(6-4-13)18-15(20)7-8-17/h3-6,11-12H,7,9-10H2,1-2H3,(H,18,20)/t11-,12-/m0/s1. The second-order valence-corrected chi connectivity index (χ2v) is 5.43. The van der Waals surface area contributed by atoms with E-state index in [-0.39, 0.29) is 30.4 Å². The molecule has 2 amide bonds. The van der Waals surface area contributed by atoms with Crippen LogP contribution in [-0.2, 0) is 9.53 Å². The first-order valence-corrected chi connectivity index (χ1v) is 7.21. The zero-order valence-electron chi connectivity index (χ0n) is 12.7. The quantitative estimate of drug-likeness (QED) is 0.922. The SMILES string of the molecule is C[C@H]1CN(C(=O)c2ccc(NC(=O)CC#N)cc2)C[C@H](C)O1. The van der Waals surface area contributed by atoms with Gasteiger partial charge in [0.15, 0.2) is 0 Å².